The molecule has 2 aromatic heterocycles. The summed E-state index contributed by atoms with van der Waals surface area (Å²) >= 11 is 0. The van der Waals surface area contributed by atoms with Gasteiger partial charge in [0.05, 0.1) is 32.4 Å². The highest BCUT2D eigenvalue weighted by atomic mass is 16.4. The molecule has 222 valence electrons. The highest BCUT2D eigenvalue weighted by molar-refractivity contribution is 5.88. The zero-order chi connectivity index (χ0) is 30.8. The van der Waals surface area contributed by atoms with E-state index in [1.807, 2.05) is 0 Å². The van der Waals surface area contributed by atoms with Crippen LogP contribution in [0, 0.1) is 0 Å². The summed E-state index contributed by atoms with van der Waals surface area (Å²) in [6.45, 7) is -1.45. The van der Waals surface area contributed by atoms with Crippen LogP contribution in [-0.2, 0) is 35.5 Å². The number of hydrogen-bond acceptors (Lipinski definition) is 13. The van der Waals surface area contributed by atoms with Gasteiger partial charge < -0.3 is 55.6 Å². The lowest BCUT2D eigenvalue weighted by Gasteiger charge is -2.24. The molecule has 0 aliphatic rings. The monoisotopic (exact) mass is 568 g/mol. The summed E-state index contributed by atoms with van der Waals surface area (Å²) in [6.07, 6.45) is -7.16. The van der Waals surface area contributed by atoms with Gasteiger partial charge in [-0.3, -0.25) is 23.5 Å². The molecule has 0 fully saturated rings. The van der Waals surface area contributed by atoms with Crippen LogP contribution >= 0.6 is 0 Å². The van der Waals surface area contributed by atoms with E-state index in [1.54, 1.807) is 18.7 Å². The van der Waals surface area contributed by atoms with Crippen LogP contribution in [0.25, 0.3) is 11.2 Å². The van der Waals surface area contributed by atoms with E-state index in [2.05, 4.69) is 4.98 Å². The molecule has 0 saturated carbocycles. The predicted molar refractivity (Wildman–Crippen MR) is 126 cm³/mol. The maximum Gasteiger partial charge on any atom is 0.336 e. The van der Waals surface area contributed by atoms with Gasteiger partial charge in [0.15, 0.2) is 16.8 Å². The third kappa shape index (κ3) is 9.51. The summed E-state index contributed by atoms with van der Waals surface area (Å²) in [6, 6.07) is 0. The topological polar surface area (TPSA) is 315 Å². The average molecular weight is 568 g/mol. The summed E-state index contributed by atoms with van der Waals surface area (Å²) in [4.78, 5) is 57.6. The van der Waals surface area contributed by atoms with Crippen molar-refractivity contribution < 1.29 is 65.4 Å². The van der Waals surface area contributed by atoms with Crippen LogP contribution in [0.3, 0.4) is 0 Å². The zero-order valence-corrected chi connectivity index (χ0v) is 21.0. The molecule has 0 aromatic carbocycles. The number of carboxylic acids is 3. The van der Waals surface area contributed by atoms with E-state index < -0.39 is 74.0 Å². The number of carboxylic acid groups (broad SMARTS) is 3. The van der Waals surface area contributed by atoms with E-state index in [1.165, 1.54) is 17.9 Å². The molecule has 0 aliphatic heterocycles. The summed E-state index contributed by atoms with van der Waals surface area (Å²) < 4.78 is 4.04. The lowest BCUT2D eigenvalue weighted by molar-refractivity contribution is -0.170. The molecule has 2 rings (SSSR count). The number of aliphatic carboxylic acids is 3. The van der Waals surface area contributed by atoms with Gasteiger partial charge in [0.2, 0.25) is 0 Å². The van der Waals surface area contributed by atoms with Gasteiger partial charge in [0.1, 0.15) is 24.4 Å². The molecular weight excluding hydrogens is 536 g/mol. The summed E-state index contributed by atoms with van der Waals surface area (Å²) in [5, 5.41) is 86.0. The van der Waals surface area contributed by atoms with E-state index in [-0.39, 0.29) is 11.2 Å². The number of imidazole rings is 1. The number of carbonyl (C=O) groups is 3. The average Bonchev–Trinajstić information content (AvgIpc) is 3.25. The molecule has 19 nitrogen and oxygen atoms in total. The molecule has 0 radical (unpaired) electrons. The molecule has 2 heterocycles. The number of aromatic nitrogens is 4. The van der Waals surface area contributed by atoms with Crippen molar-refractivity contribution >= 4 is 29.1 Å². The van der Waals surface area contributed by atoms with Crippen molar-refractivity contribution in [2.75, 3.05) is 13.2 Å². The second-order valence-corrected chi connectivity index (χ2v) is 8.19. The third-order valence-electron chi connectivity index (χ3n) is 5.11. The fraction of sp³-hybridized carbons (Fsp3) is 0.600. The number of aliphatic hydroxyl groups is 7. The summed E-state index contributed by atoms with van der Waals surface area (Å²) in [7, 11) is 4.77. The summed E-state index contributed by atoms with van der Waals surface area (Å²) in [5.41, 5.74) is -2.56. The third-order valence-corrected chi connectivity index (χ3v) is 5.11. The Kier molecular flexibility index (Phi) is 13.6. The molecule has 4 unspecified atom stereocenters. The summed E-state index contributed by atoms with van der Waals surface area (Å²) in [5.74, 6) is -5.02. The quantitative estimate of drug-likeness (QED) is 0.127. The first kappa shape index (κ1) is 35.3. The Balaban J connectivity index is 0.000000558. The second-order valence-electron chi connectivity index (χ2n) is 8.19. The van der Waals surface area contributed by atoms with E-state index in [0.29, 0.717) is 11.2 Å². The largest absolute Gasteiger partial charge is 0.481 e. The van der Waals surface area contributed by atoms with Gasteiger partial charge in [-0.25, -0.2) is 14.6 Å². The van der Waals surface area contributed by atoms with Crippen LogP contribution in [0.1, 0.15) is 12.8 Å². The maximum atomic E-state index is 11.7. The van der Waals surface area contributed by atoms with Gasteiger partial charge in [0, 0.05) is 21.1 Å². The van der Waals surface area contributed by atoms with Crippen LogP contribution in [0.2, 0.25) is 0 Å². The predicted octanol–water partition coefficient (Wildman–Crippen LogP) is -5.86. The Morgan fingerprint density at radius 3 is 1.59 bits per heavy atom. The first-order chi connectivity index (χ1) is 17.9. The van der Waals surface area contributed by atoms with Crippen LogP contribution in [0.15, 0.2) is 15.9 Å². The Morgan fingerprint density at radius 2 is 1.26 bits per heavy atom. The number of rotatable bonds is 10. The van der Waals surface area contributed by atoms with Crippen molar-refractivity contribution in [3.05, 3.63) is 27.2 Å². The normalized spacial score (nSPS) is 14.2. The van der Waals surface area contributed by atoms with Gasteiger partial charge in [-0.05, 0) is 0 Å². The SMILES string of the molecule is Cn1c(=O)c2c(ncn2C)n(C)c1=O.O=C(O)CC(O)(CC(=O)O)C(=O)O.OCC(O)C(O)C(O)C(O)CO. The van der Waals surface area contributed by atoms with E-state index in [9.17, 15) is 24.0 Å². The fourth-order valence-corrected chi connectivity index (χ4v) is 2.86. The number of fused-ring (bicyclic) bond motifs is 1. The van der Waals surface area contributed by atoms with E-state index in [4.69, 9.17) is 51.1 Å². The minimum Gasteiger partial charge on any atom is -0.481 e. The lowest BCUT2D eigenvalue weighted by Crippen LogP contribution is -2.46. The van der Waals surface area contributed by atoms with Gasteiger partial charge >= 0.3 is 23.6 Å². The first-order valence-electron chi connectivity index (χ1n) is 10.8. The molecule has 0 spiro atoms. The molecule has 19 heteroatoms. The molecule has 0 amide bonds. The lowest BCUT2D eigenvalue weighted by atomic mass is 9.96. The van der Waals surface area contributed by atoms with Crippen molar-refractivity contribution in [1.82, 2.24) is 18.7 Å². The van der Waals surface area contributed by atoms with Crippen LogP contribution in [-0.4, -0.2) is 131 Å². The number of aryl methyl sites for hydroxylation is 2. The molecule has 4 atom stereocenters. The van der Waals surface area contributed by atoms with Gasteiger partial charge in [-0.15, -0.1) is 0 Å². The molecule has 39 heavy (non-hydrogen) atoms. The van der Waals surface area contributed by atoms with Crippen molar-refractivity contribution in [1.29, 1.82) is 0 Å². The molecule has 0 bridgehead atoms. The molecule has 2 aromatic rings. The highest BCUT2D eigenvalue weighted by Gasteiger charge is 2.40. The smallest absolute Gasteiger partial charge is 0.336 e. The molecule has 10 N–H and O–H groups in total. The van der Waals surface area contributed by atoms with Crippen molar-refractivity contribution in [2.45, 2.75) is 42.9 Å². The second kappa shape index (κ2) is 15.0. The molecular formula is C20H32N4O15. The van der Waals surface area contributed by atoms with Gasteiger partial charge in [0.25, 0.3) is 5.56 Å². The fourth-order valence-electron chi connectivity index (χ4n) is 2.86. The first-order valence-corrected chi connectivity index (χ1v) is 10.8. The van der Waals surface area contributed by atoms with Crippen molar-refractivity contribution in [3.8, 4) is 0 Å². The number of hydrogen-bond donors (Lipinski definition) is 10. The Hall–Kier alpha value is -3.72. The Labute approximate surface area is 218 Å². The van der Waals surface area contributed by atoms with Crippen molar-refractivity contribution in [2.24, 2.45) is 21.1 Å². The molecule has 0 aliphatic carbocycles. The molecule has 0 saturated heterocycles. The van der Waals surface area contributed by atoms with Crippen LogP contribution in [0.5, 0.6) is 0 Å². The highest BCUT2D eigenvalue weighted by Crippen LogP contribution is 2.15. The van der Waals surface area contributed by atoms with Gasteiger partial charge in [-0.2, -0.15) is 0 Å². The minimum absolute atomic E-state index is 0.317. The number of aliphatic hydroxyl groups excluding tert-OH is 6. The van der Waals surface area contributed by atoms with E-state index >= 15 is 0 Å². The standard InChI is InChI=1S/C8H10N4O2.C6H8O7.C6H14O6/c1-10-4-9-6-5(10)7(13)12(3)8(14)11(6)2;7-3(8)1-6(13,5(11)12)2-4(9)10;7-1-3(9)5(11)6(12)4(10)2-8/h4H,1-3H3;13H,1-2H2,(H,7,8)(H,9,10)(H,11,12);3-12H,1-2H2. The van der Waals surface area contributed by atoms with E-state index in [0.717, 1.165) is 4.57 Å². The van der Waals surface area contributed by atoms with Crippen LogP contribution < -0.4 is 11.2 Å². The Bertz CT molecular complexity index is 1220. The Morgan fingerprint density at radius 1 is 0.846 bits per heavy atom. The van der Waals surface area contributed by atoms with Gasteiger partial charge in [-0.1, -0.05) is 0 Å². The van der Waals surface area contributed by atoms with Crippen molar-refractivity contribution in [3.63, 3.8) is 0 Å². The minimum atomic E-state index is -2.74. The number of nitrogens with zero attached hydrogens (tertiary/aromatic N) is 4. The zero-order valence-electron chi connectivity index (χ0n) is 21.0. The van der Waals surface area contributed by atoms with Crippen LogP contribution in [0.4, 0.5) is 0 Å². The maximum absolute atomic E-state index is 11.7.